The Labute approximate surface area is 212 Å². The highest BCUT2D eigenvalue weighted by Crippen LogP contribution is 2.38. The lowest BCUT2D eigenvalue weighted by Crippen LogP contribution is -2.16. The number of pyridine rings is 1. The SMILES string of the molecule is NC(=O)c1nn(-c2ccc(CCCO)cc2)c2c1CCc1ccc(NC(=O)c3cccnc3Cl)cc1-2. The molecule has 0 spiro atoms. The summed E-state index contributed by atoms with van der Waals surface area (Å²) in [5, 5.41) is 16.7. The average Bonchev–Trinajstić information content (AvgIpc) is 3.28. The zero-order valence-electron chi connectivity index (χ0n) is 19.4. The van der Waals surface area contributed by atoms with Gasteiger partial charge in [-0.05, 0) is 73.2 Å². The highest BCUT2D eigenvalue weighted by Gasteiger charge is 2.28. The molecule has 0 saturated heterocycles. The Morgan fingerprint density at radius 1 is 1.11 bits per heavy atom. The van der Waals surface area contributed by atoms with Crippen molar-refractivity contribution in [3.05, 3.63) is 93.9 Å². The van der Waals surface area contributed by atoms with Crippen molar-refractivity contribution in [3.8, 4) is 16.9 Å². The van der Waals surface area contributed by atoms with Crippen molar-refractivity contribution >= 4 is 29.1 Å². The Morgan fingerprint density at radius 3 is 2.64 bits per heavy atom. The number of nitrogens with two attached hydrogens (primary N) is 1. The molecule has 8 nitrogen and oxygen atoms in total. The lowest BCUT2D eigenvalue weighted by molar-refractivity contribution is 0.0992. The molecule has 0 fully saturated rings. The van der Waals surface area contributed by atoms with Gasteiger partial charge in [0.15, 0.2) is 5.69 Å². The van der Waals surface area contributed by atoms with E-state index in [2.05, 4.69) is 15.4 Å². The van der Waals surface area contributed by atoms with Crippen molar-refractivity contribution in [2.24, 2.45) is 5.73 Å². The van der Waals surface area contributed by atoms with E-state index in [0.29, 0.717) is 18.5 Å². The summed E-state index contributed by atoms with van der Waals surface area (Å²) in [6.45, 7) is 0.138. The van der Waals surface area contributed by atoms with Crippen LogP contribution in [0.3, 0.4) is 0 Å². The summed E-state index contributed by atoms with van der Waals surface area (Å²) in [5.41, 5.74) is 12.2. The van der Waals surface area contributed by atoms with Crippen LogP contribution in [0.2, 0.25) is 5.15 Å². The van der Waals surface area contributed by atoms with Gasteiger partial charge in [-0.25, -0.2) is 9.67 Å². The molecule has 0 radical (unpaired) electrons. The summed E-state index contributed by atoms with van der Waals surface area (Å²) in [5.74, 6) is -0.947. The third kappa shape index (κ3) is 4.48. The maximum absolute atomic E-state index is 12.8. The molecule has 4 aromatic rings. The number of primary amides is 1. The number of halogens is 1. The number of anilines is 1. The van der Waals surface area contributed by atoms with Crippen molar-refractivity contribution in [1.29, 1.82) is 0 Å². The van der Waals surface area contributed by atoms with Gasteiger partial charge in [0, 0.05) is 29.6 Å². The number of hydrogen-bond acceptors (Lipinski definition) is 5. The molecule has 2 amide bonds. The predicted octanol–water partition coefficient (Wildman–Crippen LogP) is 3.96. The van der Waals surface area contributed by atoms with E-state index in [9.17, 15) is 9.59 Å². The number of carbonyl (C=O) groups excluding carboxylic acids is 2. The summed E-state index contributed by atoms with van der Waals surface area (Å²) in [6.07, 6.45) is 4.33. The van der Waals surface area contributed by atoms with E-state index in [0.717, 1.165) is 46.5 Å². The van der Waals surface area contributed by atoms with E-state index >= 15 is 0 Å². The lowest BCUT2D eigenvalue weighted by atomic mass is 9.88. The predicted molar refractivity (Wildman–Crippen MR) is 138 cm³/mol. The quantitative estimate of drug-likeness (QED) is 0.331. The van der Waals surface area contributed by atoms with Crippen LogP contribution in [0, 0.1) is 0 Å². The molecule has 0 atom stereocenters. The number of rotatable bonds is 7. The topological polar surface area (TPSA) is 123 Å². The third-order valence-electron chi connectivity index (χ3n) is 6.29. The lowest BCUT2D eigenvalue weighted by Gasteiger charge is -2.20. The Morgan fingerprint density at radius 2 is 1.92 bits per heavy atom. The Bertz CT molecular complexity index is 1460. The zero-order valence-corrected chi connectivity index (χ0v) is 20.1. The molecule has 0 unspecified atom stereocenters. The molecule has 0 aliphatic heterocycles. The maximum Gasteiger partial charge on any atom is 0.269 e. The first-order valence-electron chi connectivity index (χ1n) is 11.6. The van der Waals surface area contributed by atoms with Gasteiger partial charge in [-0.3, -0.25) is 9.59 Å². The largest absolute Gasteiger partial charge is 0.396 e. The molecule has 2 aromatic carbocycles. The van der Waals surface area contributed by atoms with Gasteiger partial charge in [-0.15, -0.1) is 0 Å². The van der Waals surface area contributed by atoms with Crippen LogP contribution in [-0.4, -0.2) is 38.3 Å². The smallest absolute Gasteiger partial charge is 0.269 e. The fourth-order valence-corrected chi connectivity index (χ4v) is 4.75. The van der Waals surface area contributed by atoms with Crippen LogP contribution in [0.5, 0.6) is 0 Å². The van der Waals surface area contributed by atoms with Crippen LogP contribution in [-0.2, 0) is 19.3 Å². The molecule has 1 aliphatic carbocycles. The van der Waals surface area contributed by atoms with Gasteiger partial charge in [0.1, 0.15) is 5.15 Å². The molecule has 4 N–H and O–H groups in total. The minimum atomic E-state index is -0.580. The standard InChI is InChI=1S/C27H24ClN5O3/c28-25-21(4-1-13-30-25)27(36)31-18-9-7-17-8-12-20-23(26(29)35)32-33(24(20)22(17)15-18)19-10-5-16(6-11-19)3-2-14-34/h1,4-7,9-11,13,15,34H,2-3,8,12,14H2,(H2,29,35)(H,31,36). The Hall–Kier alpha value is -4.01. The number of aryl methyl sites for hydroxylation is 2. The average molecular weight is 502 g/mol. The van der Waals surface area contributed by atoms with Crippen LogP contribution in [0.25, 0.3) is 16.9 Å². The van der Waals surface area contributed by atoms with Gasteiger partial charge < -0.3 is 16.2 Å². The number of benzene rings is 2. The van der Waals surface area contributed by atoms with Crippen LogP contribution < -0.4 is 11.1 Å². The second kappa shape index (κ2) is 9.93. The summed E-state index contributed by atoms with van der Waals surface area (Å²) >= 11 is 6.09. The normalized spacial score (nSPS) is 12.1. The number of nitrogens with one attached hydrogen (secondary N) is 1. The number of carbonyl (C=O) groups is 2. The highest BCUT2D eigenvalue weighted by atomic mass is 35.5. The number of nitrogens with zero attached hydrogens (tertiary/aromatic N) is 3. The summed E-state index contributed by atoms with van der Waals surface area (Å²) < 4.78 is 1.74. The number of amides is 2. The molecule has 2 aromatic heterocycles. The van der Waals surface area contributed by atoms with Gasteiger partial charge >= 0.3 is 0 Å². The minimum Gasteiger partial charge on any atom is -0.396 e. The molecular weight excluding hydrogens is 478 g/mol. The third-order valence-corrected chi connectivity index (χ3v) is 6.59. The fourth-order valence-electron chi connectivity index (χ4n) is 4.54. The molecule has 182 valence electrons. The molecule has 0 saturated carbocycles. The van der Waals surface area contributed by atoms with E-state index in [1.165, 1.54) is 6.20 Å². The molecule has 5 rings (SSSR count). The fraction of sp³-hybridized carbons (Fsp3) is 0.185. The number of aliphatic hydroxyl groups excluding tert-OH is 1. The van der Waals surface area contributed by atoms with Crippen molar-refractivity contribution in [1.82, 2.24) is 14.8 Å². The maximum atomic E-state index is 12.8. The van der Waals surface area contributed by atoms with E-state index in [4.69, 9.17) is 22.4 Å². The first-order chi connectivity index (χ1) is 17.5. The van der Waals surface area contributed by atoms with Gasteiger partial charge in [0.2, 0.25) is 0 Å². The molecule has 9 heteroatoms. The van der Waals surface area contributed by atoms with Crippen LogP contribution in [0.1, 0.15) is 44.0 Å². The second-order valence-electron chi connectivity index (χ2n) is 8.61. The first kappa shape index (κ1) is 23.7. The molecule has 36 heavy (non-hydrogen) atoms. The highest BCUT2D eigenvalue weighted by molar-refractivity contribution is 6.33. The summed E-state index contributed by atoms with van der Waals surface area (Å²) in [7, 11) is 0. The molecular formula is C27H24ClN5O3. The number of hydrogen-bond donors (Lipinski definition) is 3. The zero-order chi connectivity index (χ0) is 25.2. The van der Waals surface area contributed by atoms with Gasteiger partial charge in [0.25, 0.3) is 11.8 Å². The minimum absolute atomic E-state index is 0.127. The van der Waals surface area contributed by atoms with Crippen LogP contribution in [0.4, 0.5) is 5.69 Å². The van der Waals surface area contributed by atoms with E-state index in [1.807, 2.05) is 42.5 Å². The monoisotopic (exact) mass is 501 g/mol. The van der Waals surface area contributed by atoms with Crippen molar-refractivity contribution in [3.63, 3.8) is 0 Å². The summed E-state index contributed by atoms with van der Waals surface area (Å²) in [6, 6.07) is 16.8. The van der Waals surface area contributed by atoms with Crippen LogP contribution in [0.15, 0.2) is 60.8 Å². The molecule has 0 bridgehead atoms. The summed E-state index contributed by atoms with van der Waals surface area (Å²) in [4.78, 5) is 29.0. The first-order valence-corrected chi connectivity index (χ1v) is 12.0. The van der Waals surface area contributed by atoms with Crippen molar-refractivity contribution in [2.75, 3.05) is 11.9 Å². The van der Waals surface area contributed by atoms with Gasteiger partial charge in [-0.2, -0.15) is 5.10 Å². The van der Waals surface area contributed by atoms with E-state index in [1.54, 1.807) is 16.8 Å². The number of fused-ring (bicyclic) bond motifs is 3. The van der Waals surface area contributed by atoms with Gasteiger partial charge in [0.05, 0.1) is 16.9 Å². The molecule has 2 heterocycles. The van der Waals surface area contributed by atoms with Crippen molar-refractivity contribution < 1.29 is 14.7 Å². The van der Waals surface area contributed by atoms with Gasteiger partial charge in [-0.1, -0.05) is 29.8 Å². The van der Waals surface area contributed by atoms with Crippen molar-refractivity contribution in [2.45, 2.75) is 25.7 Å². The Kier molecular flexibility index (Phi) is 6.54. The number of aliphatic hydroxyl groups is 1. The second-order valence-corrected chi connectivity index (χ2v) is 8.97. The molecule has 1 aliphatic rings. The van der Waals surface area contributed by atoms with Crippen LogP contribution >= 0.6 is 11.6 Å². The van der Waals surface area contributed by atoms with E-state index in [-0.39, 0.29) is 28.9 Å². The van der Waals surface area contributed by atoms with E-state index < -0.39 is 5.91 Å². The number of aromatic nitrogens is 3. The Balaban J connectivity index is 1.56.